The average molecular weight is 285 g/mol. The zero-order valence-corrected chi connectivity index (χ0v) is 12.4. The van der Waals surface area contributed by atoms with Crippen molar-refractivity contribution < 1.29 is 14.3 Å². The number of hydrogen-bond acceptors (Lipinski definition) is 4. The lowest BCUT2D eigenvalue weighted by Crippen LogP contribution is -2.07. The van der Waals surface area contributed by atoms with Crippen LogP contribution in [0.4, 0.5) is 5.69 Å². The number of hydrogen-bond donors (Lipinski definition) is 1. The Morgan fingerprint density at radius 2 is 1.67 bits per heavy atom. The van der Waals surface area contributed by atoms with Gasteiger partial charge in [0.15, 0.2) is 5.78 Å². The Kier molecular flexibility index (Phi) is 4.48. The molecule has 0 saturated heterocycles. The lowest BCUT2D eigenvalue weighted by molar-refractivity contribution is 0.103. The van der Waals surface area contributed by atoms with Crippen LogP contribution in [-0.2, 0) is 0 Å². The van der Waals surface area contributed by atoms with Crippen molar-refractivity contribution in [2.75, 3.05) is 12.8 Å². The van der Waals surface area contributed by atoms with Crippen LogP contribution in [0, 0.1) is 0 Å². The summed E-state index contributed by atoms with van der Waals surface area (Å²) in [6, 6.07) is 12.1. The van der Waals surface area contributed by atoms with Crippen molar-refractivity contribution >= 4 is 11.5 Å². The third-order valence-corrected chi connectivity index (χ3v) is 2.99. The Balaban J connectivity index is 2.23. The molecule has 0 saturated carbocycles. The van der Waals surface area contributed by atoms with Crippen molar-refractivity contribution in [1.29, 1.82) is 0 Å². The second kappa shape index (κ2) is 6.31. The summed E-state index contributed by atoms with van der Waals surface area (Å²) in [7, 11) is 1.56. The van der Waals surface area contributed by atoms with Gasteiger partial charge in [0.05, 0.1) is 13.2 Å². The highest BCUT2D eigenvalue weighted by molar-refractivity contribution is 6.12. The van der Waals surface area contributed by atoms with Crippen LogP contribution in [0.25, 0.3) is 0 Å². The van der Waals surface area contributed by atoms with Gasteiger partial charge in [0, 0.05) is 22.9 Å². The number of rotatable bonds is 5. The van der Waals surface area contributed by atoms with E-state index in [0.717, 1.165) is 5.75 Å². The minimum atomic E-state index is -0.119. The Morgan fingerprint density at radius 3 is 2.19 bits per heavy atom. The van der Waals surface area contributed by atoms with Gasteiger partial charge in [0.2, 0.25) is 0 Å². The van der Waals surface area contributed by atoms with Crippen molar-refractivity contribution in [3.05, 3.63) is 53.6 Å². The Hall–Kier alpha value is -2.49. The molecule has 2 N–H and O–H groups in total. The maximum absolute atomic E-state index is 12.4. The lowest BCUT2D eigenvalue weighted by Gasteiger charge is -2.10. The second-order valence-corrected chi connectivity index (χ2v) is 4.97. The van der Waals surface area contributed by atoms with E-state index in [1.165, 1.54) is 0 Å². The standard InChI is InChI=1S/C17H19NO3/c1-11(2)21-13-6-4-12(5-7-13)17(19)15-9-8-14(20-3)10-16(15)18/h4-11H,18H2,1-3H3. The smallest absolute Gasteiger partial charge is 0.195 e. The molecular weight excluding hydrogens is 266 g/mol. The molecule has 0 unspecified atom stereocenters. The van der Waals surface area contributed by atoms with E-state index in [4.69, 9.17) is 15.2 Å². The first-order valence-electron chi connectivity index (χ1n) is 6.76. The summed E-state index contributed by atoms with van der Waals surface area (Å²) < 4.78 is 10.6. The summed E-state index contributed by atoms with van der Waals surface area (Å²) in [6.07, 6.45) is 0.101. The molecule has 2 aromatic rings. The molecule has 4 nitrogen and oxygen atoms in total. The van der Waals surface area contributed by atoms with Gasteiger partial charge in [-0.15, -0.1) is 0 Å². The molecule has 0 radical (unpaired) electrons. The van der Waals surface area contributed by atoms with E-state index < -0.39 is 0 Å². The molecule has 110 valence electrons. The first-order valence-corrected chi connectivity index (χ1v) is 6.76. The highest BCUT2D eigenvalue weighted by Gasteiger charge is 2.13. The van der Waals surface area contributed by atoms with Gasteiger partial charge < -0.3 is 15.2 Å². The maximum atomic E-state index is 12.4. The van der Waals surface area contributed by atoms with Crippen molar-refractivity contribution in [2.24, 2.45) is 0 Å². The van der Waals surface area contributed by atoms with Gasteiger partial charge in [0.25, 0.3) is 0 Å². The monoisotopic (exact) mass is 285 g/mol. The maximum Gasteiger partial charge on any atom is 0.195 e. The fourth-order valence-electron chi connectivity index (χ4n) is 1.99. The van der Waals surface area contributed by atoms with Crippen molar-refractivity contribution in [3.8, 4) is 11.5 Å². The van der Waals surface area contributed by atoms with Crippen LogP contribution in [0.3, 0.4) is 0 Å². The van der Waals surface area contributed by atoms with Crippen LogP contribution in [0.15, 0.2) is 42.5 Å². The molecule has 0 aliphatic carbocycles. The van der Waals surface area contributed by atoms with Crippen molar-refractivity contribution in [1.82, 2.24) is 0 Å². The molecule has 0 bridgehead atoms. The van der Waals surface area contributed by atoms with Crippen molar-refractivity contribution in [3.63, 3.8) is 0 Å². The summed E-state index contributed by atoms with van der Waals surface area (Å²) in [5.41, 5.74) is 7.35. The number of ketones is 1. The van der Waals surface area contributed by atoms with Gasteiger partial charge in [0.1, 0.15) is 11.5 Å². The Morgan fingerprint density at radius 1 is 1.05 bits per heavy atom. The number of ether oxygens (including phenoxy) is 2. The van der Waals surface area contributed by atoms with E-state index in [1.807, 2.05) is 13.8 Å². The number of methoxy groups -OCH3 is 1. The molecule has 4 heteroatoms. The van der Waals surface area contributed by atoms with Crippen molar-refractivity contribution in [2.45, 2.75) is 20.0 Å². The topological polar surface area (TPSA) is 61.5 Å². The SMILES string of the molecule is COc1ccc(C(=O)c2ccc(OC(C)C)cc2)c(N)c1. The summed E-state index contributed by atoms with van der Waals surface area (Å²) in [5, 5.41) is 0. The molecule has 0 spiro atoms. The molecule has 2 aromatic carbocycles. The fourth-order valence-corrected chi connectivity index (χ4v) is 1.99. The van der Waals surface area contributed by atoms with Gasteiger partial charge in [-0.3, -0.25) is 4.79 Å². The molecule has 0 fully saturated rings. The van der Waals surface area contributed by atoms with Crippen LogP contribution in [0.5, 0.6) is 11.5 Å². The van der Waals surface area contributed by atoms with Gasteiger partial charge in [-0.1, -0.05) is 0 Å². The summed E-state index contributed by atoms with van der Waals surface area (Å²) in [5.74, 6) is 1.25. The minimum Gasteiger partial charge on any atom is -0.497 e. The van der Waals surface area contributed by atoms with Gasteiger partial charge in [-0.05, 0) is 50.2 Å². The van der Waals surface area contributed by atoms with Crippen LogP contribution in [-0.4, -0.2) is 19.0 Å². The number of benzene rings is 2. The largest absolute Gasteiger partial charge is 0.497 e. The highest BCUT2D eigenvalue weighted by Crippen LogP contribution is 2.23. The molecular formula is C17H19NO3. The van der Waals surface area contributed by atoms with Crippen LogP contribution >= 0.6 is 0 Å². The van der Waals surface area contributed by atoms with Gasteiger partial charge in [-0.2, -0.15) is 0 Å². The molecule has 0 heterocycles. The zero-order valence-electron chi connectivity index (χ0n) is 12.4. The highest BCUT2D eigenvalue weighted by atomic mass is 16.5. The third kappa shape index (κ3) is 3.54. The number of nitrogen functional groups attached to an aromatic ring is 1. The summed E-state index contributed by atoms with van der Waals surface area (Å²) in [4.78, 5) is 12.4. The summed E-state index contributed by atoms with van der Waals surface area (Å²) in [6.45, 7) is 3.91. The Bertz CT molecular complexity index is 633. The quantitative estimate of drug-likeness (QED) is 0.676. The molecule has 0 aliphatic rings. The normalized spacial score (nSPS) is 10.5. The summed E-state index contributed by atoms with van der Waals surface area (Å²) >= 11 is 0. The zero-order chi connectivity index (χ0) is 15.4. The van der Waals surface area contributed by atoms with E-state index in [0.29, 0.717) is 22.6 Å². The Labute approximate surface area is 124 Å². The lowest BCUT2D eigenvalue weighted by atomic mass is 10.0. The van der Waals surface area contributed by atoms with E-state index in [-0.39, 0.29) is 11.9 Å². The predicted octanol–water partition coefficient (Wildman–Crippen LogP) is 3.30. The van der Waals surface area contributed by atoms with E-state index in [9.17, 15) is 4.79 Å². The number of carbonyl (C=O) groups excluding carboxylic acids is 1. The average Bonchev–Trinajstić information content (AvgIpc) is 2.46. The molecule has 0 atom stereocenters. The molecule has 0 aliphatic heterocycles. The predicted molar refractivity (Wildman–Crippen MR) is 83.0 cm³/mol. The molecule has 21 heavy (non-hydrogen) atoms. The molecule has 0 amide bonds. The first kappa shape index (κ1) is 14.9. The number of nitrogens with two attached hydrogens (primary N) is 1. The van der Waals surface area contributed by atoms with Crippen LogP contribution in [0.1, 0.15) is 29.8 Å². The van der Waals surface area contributed by atoms with E-state index in [2.05, 4.69) is 0 Å². The van der Waals surface area contributed by atoms with Crippen LogP contribution in [0.2, 0.25) is 0 Å². The van der Waals surface area contributed by atoms with Crippen LogP contribution < -0.4 is 15.2 Å². The minimum absolute atomic E-state index is 0.101. The molecule has 2 rings (SSSR count). The van der Waals surface area contributed by atoms with Gasteiger partial charge in [-0.25, -0.2) is 0 Å². The number of carbonyl (C=O) groups is 1. The number of anilines is 1. The third-order valence-electron chi connectivity index (χ3n) is 2.99. The fraction of sp³-hybridized carbons (Fsp3) is 0.235. The van der Waals surface area contributed by atoms with Gasteiger partial charge >= 0.3 is 0 Å². The molecule has 0 aromatic heterocycles. The second-order valence-electron chi connectivity index (χ2n) is 4.97. The van der Waals surface area contributed by atoms with E-state index in [1.54, 1.807) is 49.6 Å². The van der Waals surface area contributed by atoms with E-state index >= 15 is 0 Å². The first-order chi connectivity index (χ1) is 10.0.